The van der Waals surface area contributed by atoms with Gasteiger partial charge >= 0.3 is 0 Å². The van der Waals surface area contributed by atoms with E-state index in [1.807, 2.05) is 37.3 Å². The zero-order valence-corrected chi connectivity index (χ0v) is 20.8. The number of aromatic nitrogens is 4. The summed E-state index contributed by atoms with van der Waals surface area (Å²) >= 11 is 0. The van der Waals surface area contributed by atoms with Gasteiger partial charge in [0.15, 0.2) is 0 Å². The molecular formula is C27H26N4O3S. The summed E-state index contributed by atoms with van der Waals surface area (Å²) in [7, 11) is -0.663. The van der Waals surface area contributed by atoms with Crippen LogP contribution >= 0.6 is 0 Å². The summed E-state index contributed by atoms with van der Waals surface area (Å²) in [6.45, 7) is 3.96. The number of hydrogen-bond donors (Lipinski definition) is 0. The number of aryl methyl sites for hydroxylation is 3. The molecule has 1 atom stereocenters. The topological polar surface area (TPSA) is 78.9 Å². The van der Waals surface area contributed by atoms with Crippen molar-refractivity contribution in [2.75, 3.05) is 0 Å². The minimum atomic E-state index is -4.09. The quantitative estimate of drug-likeness (QED) is 0.368. The molecule has 0 radical (unpaired) electrons. The molecule has 0 N–H and O–H groups in total. The van der Waals surface area contributed by atoms with Crippen molar-refractivity contribution in [2.45, 2.75) is 24.7 Å². The van der Waals surface area contributed by atoms with Gasteiger partial charge in [-0.1, -0.05) is 55.0 Å². The molecule has 3 aromatic heterocycles. The Morgan fingerprint density at radius 2 is 1.63 bits per heavy atom. The van der Waals surface area contributed by atoms with Crippen LogP contribution in [0.25, 0.3) is 22.2 Å². The van der Waals surface area contributed by atoms with Gasteiger partial charge in [-0.2, -0.15) is 5.10 Å². The lowest BCUT2D eigenvalue weighted by molar-refractivity contribution is 0.589. The van der Waals surface area contributed by atoms with E-state index >= 15 is 0 Å². The van der Waals surface area contributed by atoms with Crippen molar-refractivity contribution in [3.8, 4) is 11.3 Å². The minimum absolute atomic E-state index is 0.0647. The molecule has 0 bridgehead atoms. The third-order valence-electron chi connectivity index (χ3n) is 6.45. The molecule has 2 aromatic carbocycles. The Kier molecular flexibility index (Phi) is 5.48. The van der Waals surface area contributed by atoms with E-state index in [-0.39, 0.29) is 21.9 Å². The zero-order chi connectivity index (χ0) is 24.9. The first-order chi connectivity index (χ1) is 16.7. The second kappa shape index (κ2) is 8.39. The molecule has 7 nitrogen and oxygen atoms in total. The molecular weight excluding hydrogens is 460 g/mol. The van der Waals surface area contributed by atoms with Gasteiger partial charge in [0.05, 0.1) is 16.8 Å². The van der Waals surface area contributed by atoms with Crippen molar-refractivity contribution in [1.82, 2.24) is 18.3 Å². The molecule has 5 rings (SSSR count). The van der Waals surface area contributed by atoms with Gasteiger partial charge in [0.25, 0.3) is 15.6 Å². The van der Waals surface area contributed by atoms with Gasteiger partial charge in [-0.15, -0.1) is 0 Å². The molecule has 0 saturated carbocycles. The lowest BCUT2D eigenvalue weighted by Gasteiger charge is -2.16. The summed E-state index contributed by atoms with van der Waals surface area (Å²) in [5.41, 5.74) is 3.66. The van der Waals surface area contributed by atoms with Crippen LogP contribution in [0.15, 0.2) is 88.9 Å². The highest BCUT2D eigenvalue weighted by atomic mass is 32.2. The standard InChI is InChI=1S/C27H26N4O3S/c1-18-10-12-22(13-11-18)35(33,34)31-25(21-15-28-30(4)16-21)14-23-24(17-29(3)27(32)26(23)31)19(2)20-8-6-5-7-9-20/h5-17,19H,1-4H3. The van der Waals surface area contributed by atoms with Gasteiger partial charge in [-0.05, 0) is 36.2 Å². The van der Waals surface area contributed by atoms with E-state index in [9.17, 15) is 13.2 Å². The summed E-state index contributed by atoms with van der Waals surface area (Å²) in [5.74, 6) is -0.0647. The number of nitrogens with zero attached hydrogens (tertiary/aromatic N) is 4. The Hall–Kier alpha value is -3.91. The van der Waals surface area contributed by atoms with Crippen molar-refractivity contribution in [1.29, 1.82) is 0 Å². The average Bonchev–Trinajstić information content (AvgIpc) is 3.46. The second-order valence-corrected chi connectivity index (χ2v) is 10.7. The minimum Gasteiger partial charge on any atom is -0.316 e. The van der Waals surface area contributed by atoms with E-state index < -0.39 is 10.0 Å². The molecule has 3 heterocycles. The normalized spacial score (nSPS) is 12.8. The first-order valence-electron chi connectivity index (χ1n) is 11.3. The molecule has 5 aromatic rings. The van der Waals surface area contributed by atoms with Crippen molar-refractivity contribution >= 4 is 20.9 Å². The number of benzene rings is 2. The molecule has 35 heavy (non-hydrogen) atoms. The van der Waals surface area contributed by atoms with Gasteiger partial charge in [0.1, 0.15) is 5.52 Å². The van der Waals surface area contributed by atoms with E-state index in [4.69, 9.17) is 0 Å². The van der Waals surface area contributed by atoms with Crippen LogP contribution < -0.4 is 5.56 Å². The maximum atomic E-state index is 14.0. The van der Waals surface area contributed by atoms with Crippen molar-refractivity contribution in [2.24, 2.45) is 14.1 Å². The number of pyridine rings is 1. The summed E-state index contributed by atoms with van der Waals surface area (Å²) in [6.07, 6.45) is 5.17. The average molecular weight is 487 g/mol. The van der Waals surface area contributed by atoms with E-state index in [2.05, 4.69) is 12.0 Å². The molecule has 0 saturated heterocycles. The molecule has 0 fully saturated rings. The third kappa shape index (κ3) is 3.80. The lowest BCUT2D eigenvalue weighted by Crippen LogP contribution is -2.24. The molecule has 0 aliphatic heterocycles. The monoisotopic (exact) mass is 486 g/mol. The van der Waals surface area contributed by atoms with Crippen LogP contribution in [0, 0.1) is 6.92 Å². The zero-order valence-electron chi connectivity index (χ0n) is 20.0. The Bertz CT molecular complexity index is 1710. The first-order valence-corrected chi connectivity index (χ1v) is 12.7. The third-order valence-corrected chi connectivity index (χ3v) is 8.18. The van der Waals surface area contributed by atoms with Crippen LogP contribution in [0.1, 0.15) is 29.5 Å². The van der Waals surface area contributed by atoms with Crippen LogP contribution in [0.2, 0.25) is 0 Å². The Morgan fingerprint density at radius 1 is 0.943 bits per heavy atom. The summed E-state index contributed by atoms with van der Waals surface area (Å²) in [6, 6.07) is 18.4. The van der Waals surface area contributed by atoms with Crippen LogP contribution in [0.3, 0.4) is 0 Å². The Balaban J connectivity index is 1.89. The van der Waals surface area contributed by atoms with Crippen molar-refractivity contribution < 1.29 is 8.42 Å². The van der Waals surface area contributed by atoms with Crippen LogP contribution in [-0.2, 0) is 24.1 Å². The highest BCUT2D eigenvalue weighted by Crippen LogP contribution is 2.36. The molecule has 1 unspecified atom stereocenters. The number of rotatable bonds is 5. The van der Waals surface area contributed by atoms with Gasteiger partial charge in [-0.3, -0.25) is 9.48 Å². The SMILES string of the molecule is Cc1ccc(S(=O)(=O)n2c(-c3cnn(C)c3)cc3c(C(C)c4ccccc4)cn(C)c(=O)c32)cc1. The van der Waals surface area contributed by atoms with Gasteiger partial charge in [-0.25, -0.2) is 12.4 Å². The van der Waals surface area contributed by atoms with Crippen molar-refractivity contribution in [3.63, 3.8) is 0 Å². The van der Waals surface area contributed by atoms with Crippen LogP contribution in [0.5, 0.6) is 0 Å². The van der Waals surface area contributed by atoms with Gasteiger partial charge < -0.3 is 4.57 Å². The Morgan fingerprint density at radius 3 is 2.26 bits per heavy atom. The first kappa shape index (κ1) is 22.9. The smallest absolute Gasteiger partial charge is 0.275 e. The van der Waals surface area contributed by atoms with E-state index in [1.54, 1.807) is 67.7 Å². The second-order valence-electron chi connectivity index (χ2n) is 8.91. The predicted molar refractivity (Wildman–Crippen MR) is 137 cm³/mol. The largest absolute Gasteiger partial charge is 0.316 e. The molecule has 0 aliphatic carbocycles. The maximum absolute atomic E-state index is 14.0. The molecule has 0 amide bonds. The summed E-state index contributed by atoms with van der Waals surface area (Å²) < 4.78 is 32.3. The fourth-order valence-corrected chi connectivity index (χ4v) is 6.03. The molecule has 0 aliphatic rings. The van der Waals surface area contributed by atoms with Crippen LogP contribution in [0.4, 0.5) is 0 Å². The maximum Gasteiger partial charge on any atom is 0.275 e. The highest BCUT2D eigenvalue weighted by Gasteiger charge is 2.29. The number of hydrogen-bond acceptors (Lipinski definition) is 4. The lowest BCUT2D eigenvalue weighted by atomic mass is 9.92. The molecule has 178 valence electrons. The number of fused-ring (bicyclic) bond motifs is 1. The summed E-state index contributed by atoms with van der Waals surface area (Å²) in [4.78, 5) is 13.6. The summed E-state index contributed by atoms with van der Waals surface area (Å²) in [5, 5.41) is 4.85. The van der Waals surface area contributed by atoms with E-state index in [1.165, 1.54) is 8.54 Å². The van der Waals surface area contributed by atoms with E-state index in [0.29, 0.717) is 16.6 Å². The molecule has 0 spiro atoms. The van der Waals surface area contributed by atoms with E-state index in [0.717, 1.165) is 16.7 Å². The highest BCUT2D eigenvalue weighted by molar-refractivity contribution is 7.90. The van der Waals surface area contributed by atoms with Gasteiger partial charge in [0, 0.05) is 43.4 Å². The fourth-order valence-electron chi connectivity index (χ4n) is 4.51. The van der Waals surface area contributed by atoms with Gasteiger partial charge in [0.2, 0.25) is 0 Å². The fraction of sp³-hybridized carbons (Fsp3) is 0.185. The Labute approximate surface area is 203 Å². The van der Waals surface area contributed by atoms with Crippen LogP contribution in [-0.4, -0.2) is 26.7 Å². The van der Waals surface area contributed by atoms with Crippen molar-refractivity contribution in [3.05, 3.63) is 106 Å². The predicted octanol–water partition coefficient (Wildman–Crippen LogP) is 4.44. The molecule has 8 heteroatoms.